The summed E-state index contributed by atoms with van der Waals surface area (Å²) in [5.41, 5.74) is 6.54. The molecular weight excluding hydrogens is 350 g/mol. The van der Waals surface area contributed by atoms with E-state index < -0.39 is 0 Å². The Labute approximate surface area is 156 Å². The van der Waals surface area contributed by atoms with Gasteiger partial charge in [-0.15, -0.1) is 16.8 Å². The summed E-state index contributed by atoms with van der Waals surface area (Å²) in [7, 11) is 1.59. The normalized spacial score (nSPS) is 11.4. The molecule has 0 fully saturated rings. The molecule has 1 heterocycles. The molecule has 0 amide bonds. The van der Waals surface area contributed by atoms with E-state index in [-0.39, 0.29) is 22.8 Å². The number of para-hydroxylation sites is 1. The van der Waals surface area contributed by atoms with Gasteiger partial charge in [-0.25, -0.2) is 0 Å². The van der Waals surface area contributed by atoms with E-state index in [1.807, 2.05) is 34.9 Å². The van der Waals surface area contributed by atoms with Gasteiger partial charge in [0.05, 0.1) is 18.4 Å². The highest BCUT2D eigenvalue weighted by Crippen LogP contribution is 2.31. The van der Waals surface area contributed by atoms with Gasteiger partial charge in [-0.3, -0.25) is 9.36 Å². The first kappa shape index (κ1) is 19.3. The van der Waals surface area contributed by atoms with Gasteiger partial charge in [0.2, 0.25) is 0 Å². The average Bonchev–Trinajstić information content (AvgIpc) is 3.03. The number of nitriles is 1. The van der Waals surface area contributed by atoms with Crippen molar-refractivity contribution >= 4 is 17.5 Å². The fraction of sp³-hybridized carbons (Fsp3) is 0.222. The maximum Gasteiger partial charge on any atom is 0.192 e. The van der Waals surface area contributed by atoms with Crippen LogP contribution < -0.4 is 10.5 Å². The molecule has 2 aromatic rings. The van der Waals surface area contributed by atoms with Crippen molar-refractivity contribution in [3.8, 4) is 23.2 Å². The molecule has 0 bridgehead atoms. The van der Waals surface area contributed by atoms with Crippen molar-refractivity contribution in [2.24, 2.45) is 5.73 Å². The molecule has 7 nitrogen and oxygen atoms in total. The molecule has 0 aliphatic rings. The number of nitrogens with two attached hydrogens (primary N) is 1. The van der Waals surface area contributed by atoms with Crippen LogP contribution in [0, 0.1) is 11.3 Å². The number of rotatable bonds is 8. The average molecular weight is 369 g/mol. The minimum atomic E-state index is -0.343. The predicted octanol–water partition coefficient (Wildman–Crippen LogP) is 2.56. The number of Topliss-reactive ketones (excluding diaryl/α,β-unsaturated/α-hetero) is 1. The van der Waals surface area contributed by atoms with Crippen molar-refractivity contribution in [2.75, 3.05) is 12.9 Å². The lowest BCUT2D eigenvalue weighted by atomic mass is 10.2. The second-order valence-corrected chi connectivity index (χ2v) is 6.23. The fourth-order valence-corrected chi connectivity index (χ4v) is 3.11. The highest BCUT2D eigenvalue weighted by Gasteiger charge is 2.19. The second kappa shape index (κ2) is 8.87. The lowest BCUT2D eigenvalue weighted by molar-refractivity contribution is -0.112. The van der Waals surface area contributed by atoms with Gasteiger partial charge in [0.25, 0.3) is 0 Å². The summed E-state index contributed by atoms with van der Waals surface area (Å²) >= 11 is 1.20. The molecule has 0 aliphatic heterocycles. The summed E-state index contributed by atoms with van der Waals surface area (Å²) in [5, 5.41) is 18.0. The number of nitrogens with zero attached hydrogens (tertiary/aromatic N) is 4. The second-order valence-electron chi connectivity index (χ2n) is 5.29. The van der Waals surface area contributed by atoms with Gasteiger partial charge in [-0.2, -0.15) is 5.26 Å². The van der Waals surface area contributed by atoms with Crippen molar-refractivity contribution in [1.82, 2.24) is 14.8 Å². The minimum Gasteiger partial charge on any atom is -0.496 e. The molecule has 2 N–H and O–H groups in total. The number of aromatic nitrogens is 3. The Hall–Kier alpha value is -3.05. The van der Waals surface area contributed by atoms with Crippen LogP contribution in [-0.4, -0.2) is 33.4 Å². The van der Waals surface area contributed by atoms with E-state index in [0.29, 0.717) is 23.3 Å². The van der Waals surface area contributed by atoms with Crippen LogP contribution >= 0.6 is 11.8 Å². The van der Waals surface area contributed by atoms with Crippen molar-refractivity contribution in [1.29, 1.82) is 5.26 Å². The molecule has 2 rings (SSSR count). The van der Waals surface area contributed by atoms with Gasteiger partial charge in [-0.05, 0) is 19.1 Å². The number of ketones is 1. The molecule has 1 aromatic carbocycles. The number of benzene rings is 1. The van der Waals surface area contributed by atoms with Gasteiger partial charge in [0.1, 0.15) is 17.4 Å². The topological polar surface area (TPSA) is 107 Å². The first-order valence-electron chi connectivity index (χ1n) is 7.73. The zero-order valence-corrected chi connectivity index (χ0v) is 15.4. The van der Waals surface area contributed by atoms with E-state index in [1.165, 1.54) is 18.7 Å². The Kier molecular flexibility index (Phi) is 6.58. The summed E-state index contributed by atoms with van der Waals surface area (Å²) in [6.45, 7) is 5.76. The Morgan fingerprint density at radius 2 is 2.19 bits per heavy atom. The maximum atomic E-state index is 12.2. The van der Waals surface area contributed by atoms with E-state index in [4.69, 9.17) is 15.7 Å². The number of methoxy groups -OCH3 is 1. The molecule has 0 radical (unpaired) electrons. The van der Waals surface area contributed by atoms with E-state index in [1.54, 1.807) is 13.2 Å². The molecule has 0 saturated heterocycles. The van der Waals surface area contributed by atoms with Gasteiger partial charge >= 0.3 is 0 Å². The Morgan fingerprint density at radius 3 is 2.81 bits per heavy atom. The minimum absolute atomic E-state index is 0.0303. The predicted molar refractivity (Wildman–Crippen MR) is 100 cm³/mol. The number of carbonyl (C=O) groups is 1. The van der Waals surface area contributed by atoms with Crippen molar-refractivity contribution in [3.05, 3.63) is 48.2 Å². The van der Waals surface area contributed by atoms with Crippen LogP contribution in [-0.2, 0) is 11.3 Å². The monoisotopic (exact) mass is 369 g/mol. The summed E-state index contributed by atoms with van der Waals surface area (Å²) in [4.78, 5) is 12.2. The molecule has 0 spiro atoms. The third kappa shape index (κ3) is 4.13. The van der Waals surface area contributed by atoms with Gasteiger partial charge in [0, 0.05) is 12.2 Å². The molecule has 1 aromatic heterocycles. The van der Waals surface area contributed by atoms with Crippen LogP contribution in [0.3, 0.4) is 0 Å². The smallest absolute Gasteiger partial charge is 0.192 e. The number of hydrogen-bond donors (Lipinski definition) is 1. The van der Waals surface area contributed by atoms with Gasteiger partial charge in [-0.1, -0.05) is 30.0 Å². The van der Waals surface area contributed by atoms with E-state index in [2.05, 4.69) is 16.8 Å². The number of allylic oxidation sites excluding steroid dienone is 3. The third-order valence-corrected chi connectivity index (χ3v) is 4.46. The third-order valence-electron chi connectivity index (χ3n) is 3.49. The summed E-state index contributed by atoms with van der Waals surface area (Å²) in [5.74, 6) is 0.984. The number of carbonyl (C=O) groups excluding carboxylic acids is 1. The lowest BCUT2D eigenvalue weighted by Gasteiger charge is -2.10. The molecule has 0 unspecified atom stereocenters. The van der Waals surface area contributed by atoms with E-state index in [0.717, 1.165) is 5.56 Å². The summed E-state index contributed by atoms with van der Waals surface area (Å²) in [6, 6.07) is 9.32. The summed E-state index contributed by atoms with van der Waals surface area (Å²) in [6.07, 6.45) is 1.72. The first-order valence-corrected chi connectivity index (χ1v) is 8.72. The lowest BCUT2D eigenvalue weighted by Crippen LogP contribution is -2.11. The molecular formula is C18H19N5O2S. The molecule has 134 valence electrons. The fourth-order valence-electron chi connectivity index (χ4n) is 2.29. The Bertz CT molecular complexity index is 891. The first-order chi connectivity index (χ1) is 12.5. The largest absolute Gasteiger partial charge is 0.496 e. The van der Waals surface area contributed by atoms with Crippen molar-refractivity contribution in [3.63, 3.8) is 0 Å². The molecule has 0 atom stereocenters. The summed E-state index contributed by atoms with van der Waals surface area (Å²) < 4.78 is 7.23. The van der Waals surface area contributed by atoms with E-state index >= 15 is 0 Å². The zero-order valence-electron chi connectivity index (χ0n) is 14.6. The molecule has 0 saturated carbocycles. The van der Waals surface area contributed by atoms with Crippen LogP contribution in [0.4, 0.5) is 0 Å². The molecule has 26 heavy (non-hydrogen) atoms. The van der Waals surface area contributed by atoms with Crippen LogP contribution in [0.25, 0.3) is 11.4 Å². The molecule has 8 heteroatoms. The zero-order chi connectivity index (χ0) is 19.1. The van der Waals surface area contributed by atoms with Crippen LogP contribution in [0.5, 0.6) is 5.75 Å². The van der Waals surface area contributed by atoms with Crippen molar-refractivity contribution < 1.29 is 9.53 Å². The van der Waals surface area contributed by atoms with Crippen LogP contribution in [0.2, 0.25) is 0 Å². The quantitative estimate of drug-likeness (QED) is 0.330. The van der Waals surface area contributed by atoms with Crippen LogP contribution in [0.1, 0.15) is 6.92 Å². The SMILES string of the molecule is C=CCn1c(SCC(=O)/C(C#N)=C(\C)N)nnc1-c1ccccc1OC. The highest BCUT2D eigenvalue weighted by molar-refractivity contribution is 7.99. The van der Waals surface area contributed by atoms with E-state index in [9.17, 15) is 4.79 Å². The van der Waals surface area contributed by atoms with Gasteiger partial charge in [0.15, 0.2) is 16.8 Å². The molecule has 0 aliphatic carbocycles. The number of hydrogen-bond acceptors (Lipinski definition) is 7. The number of ether oxygens (including phenoxy) is 1. The number of thioether (sulfide) groups is 1. The Balaban J connectivity index is 2.33. The Morgan fingerprint density at radius 1 is 1.46 bits per heavy atom. The van der Waals surface area contributed by atoms with Crippen LogP contribution in [0.15, 0.2) is 53.3 Å². The van der Waals surface area contributed by atoms with Crippen molar-refractivity contribution in [2.45, 2.75) is 18.6 Å². The standard InChI is InChI=1S/C18H19N5O2S/c1-4-9-23-17(13-7-5-6-8-16(13)25-3)21-22-18(23)26-11-15(24)14(10-19)12(2)20/h4-8H,1,9,11,20H2,2-3H3/b14-12+. The van der Waals surface area contributed by atoms with Gasteiger partial charge < -0.3 is 10.5 Å². The highest BCUT2D eigenvalue weighted by atomic mass is 32.2. The maximum absolute atomic E-state index is 12.2.